The Morgan fingerprint density at radius 3 is 2.72 bits per heavy atom. The number of hydrogen-bond acceptors (Lipinski definition) is 4. The predicted molar refractivity (Wildman–Crippen MR) is 96.8 cm³/mol. The molecule has 132 valence electrons. The maximum atomic E-state index is 12.3. The molecular weight excluding hydrogens is 314 g/mol. The van der Waals surface area contributed by atoms with Crippen molar-refractivity contribution in [2.75, 3.05) is 19.6 Å². The number of nitriles is 1. The fourth-order valence-electron chi connectivity index (χ4n) is 3.49. The molecular formula is C20H25N3O2. The van der Waals surface area contributed by atoms with Gasteiger partial charge in [0.15, 0.2) is 0 Å². The molecule has 0 bridgehead atoms. The molecule has 1 aromatic rings. The van der Waals surface area contributed by atoms with Gasteiger partial charge in [-0.25, -0.2) is 4.79 Å². The highest BCUT2D eigenvalue weighted by Gasteiger charge is 2.34. The molecule has 1 aromatic carbocycles. The minimum atomic E-state index is -0.465. The summed E-state index contributed by atoms with van der Waals surface area (Å²) < 4.78 is 5.50. The van der Waals surface area contributed by atoms with Gasteiger partial charge in [0, 0.05) is 25.8 Å². The van der Waals surface area contributed by atoms with Gasteiger partial charge in [-0.1, -0.05) is 6.07 Å². The summed E-state index contributed by atoms with van der Waals surface area (Å²) in [7, 11) is 0. The van der Waals surface area contributed by atoms with Crippen LogP contribution in [-0.2, 0) is 4.74 Å². The molecule has 3 rings (SSSR count). The number of amides is 1. The SMILES string of the molecule is Cc1cc(C#N)ccc1C1=CN2CCN(C(=O)OC(C)(C)C)C[C@@H]2C1. The summed E-state index contributed by atoms with van der Waals surface area (Å²) in [6, 6.07) is 8.31. The number of benzene rings is 1. The molecule has 5 nitrogen and oxygen atoms in total. The van der Waals surface area contributed by atoms with Gasteiger partial charge in [0.25, 0.3) is 0 Å². The number of ether oxygens (including phenoxy) is 1. The van der Waals surface area contributed by atoms with Gasteiger partial charge in [-0.05, 0) is 62.9 Å². The monoisotopic (exact) mass is 339 g/mol. The number of rotatable bonds is 1. The third-order valence-electron chi connectivity index (χ3n) is 4.66. The number of nitrogens with zero attached hydrogens (tertiary/aromatic N) is 3. The zero-order chi connectivity index (χ0) is 18.2. The second-order valence-corrected chi connectivity index (χ2v) is 7.82. The highest BCUT2D eigenvalue weighted by Crippen LogP contribution is 2.33. The lowest BCUT2D eigenvalue weighted by atomic mass is 9.96. The first kappa shape index (κ1) is 17.3. The Kier molecular flexibility index (Phi) is 4.47. The molecule has 0 N–H and O–H groups in total. The van der Waals surface area contributed by atoms with E-state index in [4.69, 9.17) is 10.00 Å². The fraction of sp³-hybridized carbons (Fsp3) is 0.500. The number of aryl methyl sites for hydroxylation is 1. The Balaban J connectivity index is 1.69. The molecule has 0 saturated carbocycles. The molecule has 1 amide bonds. The molecule has 5 heteroatoms. The largest absolute Gasteiger partial charge is 0.444 e. The Labute approximate surface area is 149 Å². The van der Waals surface area contributed by atoms with E-state index in [0.717, 1.165) is 18.5 Å². The van der Waals surface area contributed by atoms with E-state index in [1.165, 1.54) is 11.1 Å². The molecule has 0 aromatic heterocycles. The Morgan fingerprint density at radius 2 is 2.08 bits per heavy atom. The van der Waals surface area contributed by atoms with E-state index in [2.05, 4.69) is 17.2 Å². The van der Waals surface area contributed by atoms with E-state index in [1.54, 1.807) is 0 Å². The van der Waals surface area contributed by atoms with Crippen LogP contribution in [0.5, 0.6) is 0 Å². The van der Waals surface area contributed by atoms with Crippen LogP contribution in [0.2, 0.25) is 0 Å². The average molecular weight is 339 g/mol. The van der Waals surface area contributed by atoms with Crippen molar-refractivity contribution in [2.24, 2.45) is 0 Å². The molecule has 1 fully saturated rings. The second-order valence-electron chi connectivity index (χ2n) is 7.82. The highest BCUT2D eigenvalue weighted by molar-refractivity contribution is 5.72. The summed E-state index contributed by atoms with van der Waals surface area (Å²) in [5.74, 6) is 0. The number of hydrogen-bond donors (Lipinski definition) is 0. The van der Waals surface area contributed by atoms with E-state index >= 15 is 0 Å². The van der Waals surface area contributed by atoms with Crippen molar-refractivity contribution in [3.05, 3.63) is 41.1 Å². The minimum absolute atomic E-state index is 0.227. The van der Waals surface area contributed by atoms with E-state index in [0.29, 0.717) is 24.7 Å². The fourth-order valence-corrected chi connectivity index (χ4v) is 3.49. The first-order valence-electron chi connectivity index (χ1n) is 8.72. The van der Waals surface area contributed by atoms with Crippen LogP contribution in [0.15, 0.2) is 24.4 Å². The van der Waals surface area contributed by atoms with Crippen molar-refractivity contribution in [2.45, 2.75) is 45.8 Å². The molecule has 25 heavy (non-hydrogen) atoms. The van der Waals surface area contributed by atoms with Gasteiger partial charge in [-0.3, -0.25) is 0 Å². The molecule has 2 heterocycles. The number of carbonyl (C=O) groups excluding carboxylic acids is 1. The van der Waals surface area contributed by atoms with E-state index in [1.807, 2.05) is 50.8 Å². The molecule has 2 aliphatic rings. The van der Waals surface area contributed by atoms with Crippen molar-refractivity contribution in [3.63, 3.8) is 0 Å². The van der Waals surface area contributed by atoms with Crippen LogP contribution in [-0.4, -0.2) is 47.2 Å². The summed E-state index contributed by atoms with van der Waals surface area (Å²) in [5.41, 5.74) is 3.81. The van der Waals surface area contributed by atoms with Crippen LogP contribution in [0.1, 0.15) is 43.9 Å². The smallest absolute Gasteiger partial charge is 0.410 e. The van der Waals surface area contributed by atoms with Crippen molar-refractivity contribution in [1.82, 2.24) is 9.80 Å². The molecule has 0 spiro atoms. The highest BCUT2D eigenvalue weighted by atomic mass is 16.6. The Morgan fingerprint density at radius 1 is 1.32 bits per heavy atom. The van der Waals surface area contributed by atoms with Gasteiger partial charge in [0.2, 0.25) is 0 Å². The van der Waals surface area contributed by atoms with Gasteiger partial charge in [-0.2, -0.15) is 5.26 Å². The lowest BCUT2D eigenvalue weighted by Crippen LogP contribution is -2.52. The second kappa shape index (κ2) is 6.44. The van der Waals surface area contributed by atoms with Gasteiger partial charge >= 0.3 is 6.09 Å². The van der Waals surface area contributed by atoms with Crippen LogP contribution in [0.25, 0.3) is 5.57 Å². The van der Waals surface area contributed by atoms with Crippen LogP contribution in [0, 0.1) is 18.3 Å². The zero-order valence-electron chi connectivity index (χ0n) is 15.4. The Bertz CT molecular complexity index is 755. The number of piperazine rings is 1. The van der Waals surface area contributed by atoms with Crippen LogP contribution >= 0.6 is 0 Å². The first-order valence-corrected chi connectivity index (χ1v) is 8.72. The molecule has 1 atom stereocenters. The van der Waals surface area contributed by atoms with Crippen molar-refractivity contribution >= 4 is 11.7 Å². The first-order chi connectivity index (χ1) is 11.8. The maximum Gasteiger partial charge on any atom is 0.410 e. The standard InChI is InChI=1S/C20H25N3O2/c1-14-9-15(11-21)5-6-18(14)16-10-17-13-23(8-7-22(17)12-16)19(24)25-20(2,3)4/h5-6,9,12,17H,7-8,10,13H2,1-4H3/t17-/m0/s1. The van der Waals surface area contributed by atoms with Gasteiger partial charge in [0.05, 0.1) is 17.7 Å². The summed E-state index contributed by atoms with van der Waals surface area (Å²) in [5, 5.41) is 9.03. The summed E-state index contributed by atoms with van der Waals surface area (Å²) >= 11 is 0. The van der Waals surface area contributed by atoms with E-state index < -0.39 is 5.60 Å². The number of fused-ring (bicyclic) bond motifs is 1. The maximum absolute atomic E-state index is 12.3. The van der Waals surface area contributed by atoms with Crippen molar-refractivity contribution in [3.8, 4) is 6.07 Å². The lowest BCUT2D eigenvalue weighted by Gasteiger charge is -2.38. The summed E-state index contributed by atoms with van der Waals surface area (Å²) in [6.07, 6.45) is 2.90. The molecule has 0 unspecified atom stereocenters. The molecule has 0 aliphatic carbocycles. The Hall–Kier alpha value is -2.48. The third kappa shape index (κ3) is 3.79. The molecule has 2 aliphatic heterocycles. The van der Waals surface area contributed by atoms with Gasteiger partial charge < -0.3 is 14.5 Å². The quantitative estimate of drug-likeness (QED) is 0.785. The molecule has 1 saturated heterocycles. The van der Waals surface area contributed by atoms with Crippen molar-refractivity contribution < 1.29 is 9.53 Å². The summed E-state index contributed by atoms with van der Waals surface area (Å²) in [4.78, 5) is 16.5. The van der Waals surface area contributed by atoms with Crippen LogP contribution in [0.4, 0.5) is 4.79 Å². The van der Waals surface area contributed by atoms with E-state index in [9.17, 15) is 4.79 Å². The van der Waals surface area contributed by atoms with Gasteiger partial charge in [-0.15, -0.1) is 0 Å². The zero-order valence-corrected chi connectivity index (χ0v) is 15.4. The normalized spacial score (nSPS) is 20.0. The third-order valence-corrected chi connectivity index (χ3v) is 4.66. The lowest BCUT2D eigenvalue weighted by molar-refractivity contribution is 0.0117. The van der Waals surface area contributed by atoms with Crippen LogP contribution < -0.4 is 0 Å². The number of carbonyl (C=O) groups is 1. The summed E-state index contributed by atoms with van der Waals surface area (Å²) in [6.45, 7) is 9.91. The average Bonchev–Trinajstić information content (AvgIpc) is 2.95. The van der Waals surface area contributed by atoms with Crippen LogP contribution in [0.3, 0.4) is 0 Å². The van der Waals surface area contributed by atoms with Gasteiger partial charge in [0.1, 0.15) is 5.60 Å². The van der Waals surface area contributed by atoms with Crippen molar-refractivity contribution in [1.29, 1.82) is 5.26 Å². The minimum Gasteiger partial charge on any atom is -0.444 e. The topological polar surface area (TPSA) is 56.6 Å². The molecule has 0 radical (unpaired) electrons. The predicted octanol–water partition coefficient (Wildman–Crippen LogP) is 3.53. The van der Waals surface area contributed by atoms with E-state index in [-0.39, 0.29) is 6.09 Å².